The van der Waals surface area contributed by atoms with Gasteiger partial charge in [0.15, 0.2) is 0 Å². The SMILES string of the molecule is Cl.O=C(O)C1CCN(CC(=O)N2CCc3c(n(Cc4ccc(C(F)(F)F)s4)c4c(F)cccc34)C2)CC1. The lowest BCUT2D eigenvalue weighted by Crippen LogP contribution is -2.45. The number of carbonyl (C=O) groups is 2. The van der Waals surface area contributed by atoms with E-state index in [1.165, 1.54) is 12.1 Å². The van der Waals surface area contributed by atoms with Gasteiger partial charge in [0.2, 0.25) is 5.91 Å². The van der Waals surface area contributed by atoms with Gasteiger partial charge in [0.1, 0.15) is 10.7 Å². The van der Waals surface area contributed by atoms with Crippen LogP contribution >= 0.6 is 23.7 Å². The van der Waals surface area contributed by atoms with Crippen molar-refractivity contribution < 1.29 is 32.3 Å². The number of carbonyl (C=O) groups excluding carboxylic acids is 1. The molecule has 1 amide bonds. The largest absolute Gasteiger partial charge is 0.481 e. The highest BCUT2D eigenvalue weighted by Gasteiger charge is 2.33. The number of hydrogen-bond acceptors (Lipinski definition) is 4. The number of carboxylic acid groups (broad SMARTS) is 1. The zero-order chi connectivity index (χ0) is 25.6. The van der Waals surface area contributed by atoms with Crippen LogP contribution in [-0.2, 0) is 35.3 Å². The molecule has 1 saturated heterocycles. The van der Waals surface area contributed by atoms with E-state index in [2.05, 4.69) is 0 Å². The molecule has 0 bridgehead atoms. The third kappa shape index (κ3) is 5.49. The highest BCUT2D eigenvalue weighted by atomic mass is 35.5. The number of carboxylic acids is 1. The second kappa shape index (κ2) is 10.6. The van der Waals surface area contributed by atoms with Gasteiger partial charge < -0.3 is 14.6 Å². The molecule has 4 heterocycles. The Morgan fingerprint density at radius 2 is 1.81 bits per heavy atom. The number of fused-ring (bicyclic) bond motifs is 3. The molecule has 1 N–H and O–H groups in total. The molecule has 2 aromatic heterocycles. The van der Waals surface area contributed by atoms with Gasteiger partial charge in [0, 0.05) is 22.5 Å². The maximum Gasteiger partial charge on any atom is 0.425 e. The van der Waals surface area contributed by atoms with Crippen LogP contribution < -0.4 is 0 Å². The maximum atomic E-state index is 15.0. The number of halogens is 5. The summed E-state index contributed by atoms with van der Waals surface area (Å²) in [5.41, 5.74) is 2.00. The van der Waals surface area contributed by atoms with Gasteiger partial charge in [-0.15, -0.1) is 23.7 Å². The Hall–Kier alpha value is -2.63. The molecule has 2 aliphatic heterocycles. The van der Waals surface area contributed by atoms with Crippen LogP contribution in [0.2, 0.25) is 0 Å². The van der Waals surface area contributed by atoms with E-state index in [4.69, 9.17) is 0 Å². The van der Waals surface area contributed by atoms with E-state index in [1.54, 1.807) is 15.5 Å². The second-order valence-electron chi connectivity index (χ2n) is 9.37. The topological polar surface area (TPSA) is 65.8 Å². The lowest BCUT2D eigenvalue weighted by molar-refractivity contribution is -0.143. The minimum Gasteiger partial charge on any atom is -0.481 e. The van der Waals surface area contributed by atoms with Crippen molar-refractivity contribution >= 4 is 46.5 Å². The predicted octanol–water partition coefficient (Wildman–Crippen LogP) is 5.01. The number of para-hydroxylation sites is 1. The summed E-state index contributed by atoms with van der Waals surface area (Å²) in [4.78, 5) is 27.7. The molecule has 0 aliphatic carbocycles. The number of piperidine rings is 1. The molecule has 12 heteroatoms. The quantitative estimate of drug-likeness (QED) is 0.446. The molecule has 2 aliphatic rings. The van der Waals surface area contributed by atoms with Crippen LogP contribution in [0.3, 0.4) is 0 Å². The third-order valence-electron chi connectivity index (χ3n) is 7.13. The lowest BCUT2D eigenvalue weighted by Gasteiger charge is -2.33. The van der Waals surface area contributed by atoms with Gasteiger partial charge in [0.25, 0.3) is 0 Å². The zero-order valence-corrected chi connectivity index (χ0v) is 21.4. The number of likely N-dealkylation sites (tertiary alicyclic amines) is 1. The van der Waals surface area contributed by atoms with Gasteiger partial charge >= 0.3 is 12.1 Å². The molecule has 37 heavy (non-hydrogen) atoms. The first-order valence-corrected chi connectivity index (χ1v) is 12.6. The number of amides is 1. The summed E-state index contributed by atoms with van der Waals surface area (Å²) in [6.07, 6.45) is -2.91. The Bertz CT molecular complexity index is 1310. The van der Waals surface area contributed by atoms with Crippen LogP contribution in [0.25, 0.3) is 10.9 Å². The van der Waals surface area contributed by atoms with E-state index in [9.17, 15) is 32.3 Å². The van der Waals surface area contributed by atoms with Crippen LogP contribution in [0.5, 0.6) is 0 Å². The molecule has 200 valence electrons. The molecule has 1 fully saturated rings. The van der Waals surface area contributed by atoms with Crippen LogP contribution in [0.15, 0.2) is 30.3 Å². The number of alkyl halides is 3. The number of aromatic nitrogens is 1. The van der Waals surface area contributed by atoms with Crippen LogP contribution in [0, 0.1) is 11.7 Å². The van der Waals surface area contributed by atoms with Gasteiger partial charge in [-0.05, 0) is 56.1 Å². The fourth-order valence-corrected chi connectivity index (χ4v) is 6.10. The number of rotatable bonds is 5. The fraction of sp³-hybridized carbons (Fsp3) is 0.440. The van der Waals surface area contributed by atoms with Crippen LogP contribution in [-0.4, -0.2) is 57.5 Å². The van der Waals surface area contributed by atoms with Gasteiger partial charge in [-0.2, -0.15) is 13.2 Å². The summed E-state index contributed by atoms with van der Waals surface area (Å²) in [6, 6.07) is 7.22. The Morgan fingerprint density at radius 3 is 2.46 bits per heavy atom. The van der Waals surface area contributed by atoms with Gasteiger partial charge in [-0.1, -0.05) is 12.1 Å². The number of nitrogens with zero attached hydrogens (tertiary/aromatic N) is 3. The summed E-state index contributed by atoms with van der Waals surface area (Å²) in [5, 5.41) is 9.90. The summed E-state index contributed by atoms with van der Waals surface area (Å²) < 4.78 is 56.1. The van der Waals surface area contributed by atoms with Gasteiger partial charge in [-0.3, -0.25) is 14.5 Å². The van der Waals surface area contributed by atoms with Crippen LogP contribution in [0.4, 0.5) is 17.6 Å². The molecule has 0 saturated carbocycles. The number of aliphatic carboxylic acids is 1. The van der Waals surface area contributed by atoms with E-state index >= 15 is 0 Å². The average Bonchev–Trinajstić information content (AvgIpc) is 3.43. The minimum atomic E-state index is -4.44. The Morgan fingerprint density at radius 1 is 1.08 bits per heavy atom. The van der Waals surface area contributed by atoms with Crippen molar-refractivity contribution in [1.82, 2.24) is 14.4 Å². The fourth-order valence-electron chi connectivity index (χ4n) is 5.24. The predicted molar refractivity (Wildman–Crippen MR) is 133 cm³/mol. The molecular weight excluding hydrogens is 534 g/mol. The summed E-state index contributed by atoms with van der Waals surface area (Å²) in [7, 11) is 0. The molecular formula is C25H26ClF4N3O3S. The van der Waals surface area contributed by atoms with Crippen molar-refractivity contribution in [1.29, 1.82) is 0 Å². The average molecular weight is 560 g/mol. The standard InChI is InChI=1S/C25H25F4N3O3S.ClH/c26-19-3-1-2-18-17-8-11-31(22(33)14-30-9-6-15(7-10-30)24(34)35)13-20(17)32(23(18)19)12-16-4-5-21(36-16)25(27,28)29;/h1-5,15H,6-14H2,(H,34,35);1H. The zero-order valence-electron chi connectivity index (χ0n) is 19.8. The summed E-state index contributed by atoms with van der Waals surface area (Å²) >= 11 is 0.638. The van der Waals surface area contributed by atoms with Crippen molar-refractivity contribution in [2.45, 2.75) is 38.5 Å². The number of hydrogen-bond donors (Lipinski definition) is 1. The highest BCUT2D eigenvalue weighted by Crippen LogP contribution is 2.37. The summed E-state index contributed by atoms with van der Waals surface area (Å²) in [5.74, 6) is -1.73. The lowest BCUT2D eigenvalue weighted by atomic mass is 9.97. The molecule has 1 aromatic carbocycles. The first-order valence-electron chi connectivity index (χ1n) is 11.8. The van der Waals surface area contributed by atoms with E-state index < -0.39 is 22.8 Å². The van der Waals surface area contributed by atoms with Crippen molar-refractivity contribution in [2.24, 2.45) is 5.92 Å². The van der Waals surface area contributed by atoms with E-state index in [0.717, 1.165) is 22.7 Å². The minimum absolute atomic E-state index is 0. The monoisotopic (exact) mass is 559 g/mol. The number of benzene rings is 1. The molecule has 0 atom stereocenters. The normalized spacial score (nSPS) is 17.0. The third-order valence-corrected chi connectivity index (χ3v) is 8.25. The van der Waals surface area contributed by atoms with Crippen molar-refractivity contribution in [3.8, 4) is 0 Å². The Kier molecular flexibility index (Phi) is 7.87. The van der Waals surface area contributed by atoms with E-state index in [-0.39, 0.29) is 43.9 Å². The molecule has 0 spiro atoms. The maximum absolute atomic E-state index is 15.0. The number of thiophene rings is 1. The first-order chi connectivity index (χ1) is 17.1. The molecule has 5 rings (SSSR count). The molecule has 0 unspecified atom stereocenters. The molecule has 6 nitrogen and oxygen atoms in total. The first kappa shape index (κ1) is 27.4. The smallest absolute Gasteiger partial charge is 0.425 e. The summed E-state index contributed by atoms with van der Waals surface area (Å²) in [6.45, 7) is 2.03. The van der Waals surface area contributed by atoms with Gasteiger partial charge in [-0.25, -0.2) is 4.39 Å². The van der Waals surface area contributed by atoms with E-state index in [1.807, 2.05) is 11.0 Å². The van der Waals surface area contributed by atoms with Crippen molar-refractivity contribution in [3.63, 3.8) is 0 Å². The molecule has 3 aromatic rings. The van der Waals surface area contributed by atoms with Gasteiger partial charge in [0.05, 0.1) is 31.1 Å². The van der Waals surface area contributed by atoms with E-state index in [0.29, 0.717) is 60.6 Å². The Labute approximate surface area is 220 Å². The van der Waals surface area contributed by atoms with Crippen molar-refractivity contribution in [2.75, 3.05) is 26.2 Å². The highest BCUT2D eigenvalue weighted by molar-refractivity contribution is 7.12. The van der Waals surface area contributed by atoms with Crippen molar-refractivity contribution in [3.05, 3.63) is 57.2 Å². The molecule has 0 radical (unpaired) electrons. The van der Waals surface area contributed by atoms with Crippen LogP contribution in [0.1, 0.15) is 33.9 Å². The second-order valence-corrected chi connectivity index (χ2v) is 10.5. The Balaban J connectivity index is 0.00000320.